The lowest BCUT2D eigenvalue weighted by Gasteiger charge is -2.04. The monoisotopic (exact) mass is 205 g/mol. The van der Waals surface area contributed by atoms with Crippen molar-refractivity contribution in [3.8, 4) is 0 Å². The van der Waals surface area contributed by atoms with Crippen molar-refractivity contribution in [2.24, 2.45) is 5.73 Å². The van der Waals surface area contributed by atoms with Gasteiger partial charge in [0, 0.05) is 0 Å². The first kappa shape index (κ1) is 11.5. The van der Waals surface area contributed by atoms with Crippen LogP contribution < -0.4 is 5.73 Å². The molecule has 15 heavy (non-hydrogen) atoms. The largest absolute Gasteiger partial charge is 0.478 e. The number of hydrogen-bond donors (Lipinski definition) is 2. The Morgan fingerprint density at radius 1 is 1.53 bits per heavy atom. The number of aryl methyl sites for hydroxylation is 1. The molecule has 3 N–H and O–H groups in total. The zero-order chi connectivity index (χ0) is 11.3. The molecule has 0 aliphatic heterocycles. The number of aromatic carboxylic acids is 1. The predicted molar refractivity (Wildman–Crippen MR) is 60.8 cm³/mol. The fourth-order valence-corrected chi connectivity index (χ4v) is 1.43. The summed E-state index contributed by atoms with van der Waals surface area (Å²) in [5, 5.41) is 9.04. The first-order valence-electron chi connectivity index (χ1n) is 4.86. The molecule has 0 amide bonds. The molecular formula is C12H15NO2. The van der Waals surface area contributed by atoms with E-state index in [2.05, 4.69) is 0 Å². The standard InChI is InChI=1S/C12H15NO2/c1-9-5-4-7-10(6-2-3-8-13)11(9)12(14)15/h2,4-7H,3,8,13H2,1H3,(H,14,15). The number of carbonyl (C=O) groups is 1. The van der Waals surface area contributed by atoms with Crippen molar-refractivity contribution in [2.45, 2.75) is 13.3 Å². The van der Waals surface area contributed by atoms with Crippen LogP contribution in [0, 0.1) is 6.92 Å². The van der Waals surface area contributed by atoms with Gasteiger partial charge >= 0.3 is 5.97 Å². The quantitative estimate of drug-likeness (QED) is 0.790. The van der Waals surface area contributed by atoms with Crippen LogP contribution in [0.5, 0.6) is 0 Å². The summed E-state index contributed by atoms with van der Waals surface area (Å²) in [4.78, 5) is 11.0. The SMILES string of the molecule is Cc1cccc(C=CCCN)c1C(=O)O. The first-order valence-corrected chi connectivity index (χ1v) is 4.86. The molecule has 0 aliphatic carbocycles. The summed E-state index contributed by atoms with van der Waals surface area (Å²) >= 11 is 0. The van der Waals surface area contributed by atoms with Crippen molar-refractivity contribution in [3.63, 3.8) is 0 Å². The fraction of sp³-hybridized carbons (Fsp3) is 0.250. The highest BCUT2D eigenvalue weighted by Crippen LogP contribution is 2.15. The fourth-order valence-electron chi connectivity index (χ4n) is 1.43. The molecule has 0 fully saturated rings. The molecule has 0 aliphatic rings. The van der Waals surface area contributed by atoms with E-state index in [1.54, 1.807) is 19.1 Å². The van der Waals surface area contributed by atoms with E-state index in [1.807, 2.05) is 18.2 Å². The summed E-state index contributed by atoms with van der Waals surface area (Å²) in [6.45, 7) is 2.37. The van der Waals surface area contributed by atoms with Crippen LogP contribution >= 0.6 is 0 Å². The van der Waals surface area contributed by atoms with Crippen molar-refractivity contribution in [1.29, 1.82) is 0 Å². The number of hydrogen-bond acceptors (Lipinski definition) is 2. The maximum absolute atomic E-state index is 11.0. The Kier molecular flexibility index (Phi) is 4.06. The molecule has 0 atom stereocenters. The Balaban J connectivity index is 3.06. The van der Waals surface area contributed by atoms with E-state index in [0.717, 1.165) is 17.5 Å². The maximum atomic E-state index is 11.0. The zero-order valence-corrected chi connectivity index (χ0v) is 8.73. The van der Waals surface area contributed by atoms with E-state index in [1.165, 1.54) is 0 Å². The third-order valence-corrected chi connectivity index (χ3v) is 2.15. The molecule has 0 bridgehead atoms. The van der Waals surface area contributed by atoms with Gasteiger partial charge in [-0.3, -0.25) is 0 Å². The van der Waals surface area contributed by atoms with E-state index < -0.39 is 5.97 Å². The molecule has 0 aromatic heterocycles. The average Bonchev–Trinajstić information content (AvgIpc) is 2.17. The highest BCUT2D eigenvalue weighted by Gasteiger charge is 2.10. The summed E-state index contributed by atoms with van der Waals surface area (Å²) in [6.07, 6.45) is 4.46. The van der Waals surface area contributed by atoms with Crippen molar-refractivity contribution in [1.82, 2.24) is 0 Å². The van der Waals surface area contributed by atoms with Crippen LogP contribution in [0.2, 0.25) is 0 Å². The van der Waals surface area contributed by atoms with Crippen molar-refractivity contribution < 1.29 is 9.90 Å². The number of benzene rings is 1. The maximum Gasteiger partial charge on any atom is 0.336 e. The van der Waals surface area contributed by atoms with Gasteiger partial charge < -0.3 is 10.8 Å². The summed E-state index contributed by atoms with van der Waals surface area (Å²) in [6, 6.07) is 5.44. The molecule has 80 valence electrons. The number of rotatable bonds is 4. The summed E-state index contributed by atoms with van der Waals surface area (Å²) in [5.74, 6) is -0.888. The highest BCUT2D eigenvalue weighted by molar-refractivity contribution is 5.93. The lowest BCUT2D eigenvalue weighted by molar-refractivity contribution is 0.0696. The van der Waals surface area contributed by atoms with Crippen molar-refractivity contribution >= 4 is 12.0 Å². The van der Waals surface area contributed by atoms with Gasteiger partial charge in [-0.2, -0.15) is 0 Å². The lowest BCUT2D eigenvalue weighted by Crippen LogP contribution is -2.02. The second-order valence-corrected chi connectivity index (χ2v) is 3.32. The van der Waals surface area contributed by atoms with Gasteiger partial charge in [0.25, 0.3) is 0 Å². The Labute approximate surface area is 89.2 Å². The molecule has 0 saturated carbocycles. The van der Waals surface area contributed by atoms with Crippen LogP contribution in [-0.2, 0) is 0 Å². The number of carboxylic acid groups (broad SMARTS) is 1. The topological polar surface area (TPSA) is 63.3 Å². The average molecular weight is 205 g/mol. The minimum atomic E-state index is -0.888. The van der Waals surface area contributed by atoms with E-state index >= 15 is 0 Å². The lowest BCUT2D eigenvalue weighted by atomic mass is 10.0. The van der Waals surface area contributed by atoms with Crippen LogP contribution in [0.4, 0.5) is 0 Å². The summed E-state index contributed by atoms with van der Waals surface area (Å²) in [5.41, 5.74) is 7.23. The first-order chi connectivity index (χ1) is 7.16. The van der Waals surface area contributed by atoms with Gasteiger partial charge in [-0.1, -0.05) is 30.4 Å². The third kappa shape index (κ3) is 2.92. The summed E-state index contributed by atoms with van der Waals surface area (Å²) in [7, 11) is 0. The Morgan fingerprint density at radius 3 is 2.87 bits per heavy atom. The molecular weight excluding hydrogens is 190 g/mol. The van der Waals surface area contributed by atoms with Gasteiger partial charge in [0.15, 0.2) is 0 Å². The second kappa shape index (κ2) is 5.32. The van der Waals surface area contributed by atoms with Gasteiger partial charge in [-0.05, 0) is 31.0 Å². The molecule has 1 rings (SSSR count). The molecule has 3 nitrogen and oxygen atoms in total. The molecule has 3 heteroatoms. The molecule has 0 unspecified atom stereocenters. The van der Waals surface area contributed by atoms with E-state index in [9.17, 15) is 4.79 Å². The van der Waals surface area contributed by atoms with Crippen molar-refractivity contribution in [3.05, 3.63) is 41.0 Å². The van der Waals surface area contributed by atoms with E-state index in [4.69, 9.17) is 10.8 Å². The Bertz CT molecular complexity index is 383. The van der Waals surface area contributed by atoms with Gasteiger partial charge in [0.2, 0.25) is 0 Å². The minimum Gasteiger partial charge on any atom is -0.478 e. The predicted octanol–water partition coefficient (Wildman–Crippen LogP) is 2.06. The molecule has 1 aromatic carbocycles. The smallest absolute Gasteiger partial charge is 0.336 e. The van der Waals surface area contributed by atoms with E-state index in [0.29, 0.717) is 12.1 Å². The van der Waals surface area contributed by atoms with Crippen LogP contribution in [0.3, 0.4) is 0 Å². The minimum absolute atomic E-state index is 0.366. The van der Waals surface area contributed by atoms with Gasteiger partial charge in [-0.15, -0.1) is 0 Å². The van der Waals surface area contributed by atoms with Crippen molar-refractivity contribution in [2.75, 3.05) is 6.54 Å². The van der Waals surface area contributed by atoms with Crippen LogP contribution in [-0.4, -0.2) is 17.6 Å². The number of nitrogens with two attached hydrogens (primary N) is 1. The molecule has 1 aromatic rings. The Morgan fingerprint density at radius 2 is 2.27 bits per heavy atom. The zero-order valence-electron chi connectivity index (χ0n) is 8.73. The number of carboxylic acids is 1. The Hall–Kier alpha value is -1.61. The van der Waals surface area contributed by atoms with Crippen LogP contribution in [0.1, 0.15) is 27.9 Å². The second-order valence-electron chi connectivity index (χ2n) is 3.32. The molecule has 0 radical (unpaired) electrons. The normalized spacial score (nSPS) is 10.8. The van der Waals surface area contributed by atoms with Gasteiger partial charge in [0.05, 0.1) is 5.56 Å². The highest BCUT2D eigenvalue weighted by atomic mass is 16.4. The van der Waals surface area contributed by atoms with Gasteiger partial charge in [0.1, 0.15) is 0 Å². The third-order valence-electron chi connectivity index (χ3n) is 2.15. The summed E-state index contributed by atoms with van der Waals surface area (Å²) < 4.78 is 0. The van der Waals surface area contributed by atoms with Crippen LogP contribution in [0.15, 0.2) is 24.3 Å². The van der Waals surface area contributed by atoms with E-state index in [-0.39, 0.29) is 0 Å². The molecule has 0 heterocycles. The molecule has 0 saturated heterocycles. The molecule has 0 spiro atoms. The van der Waals surface area contributed by atoms with Gasteiger partial charge in [-0.25, -0.2) is 4.79 Å². The van der Waals surface area contributed by atoms with Crippen LogP contribution in [0.25, 0.3) is 6.08 Å².